The fraction of sp³-hybridized carbons (Fsp3) is 0.333. The molecule has 2 heterocycles. The minimum absolute atomic E-state index is 0.0887. The lowest BCUT2D eigenvalue weighted by Gasteiger charge is -2.05. The smallest absolute Gasteiger partial charge is 0.141 e. The lowest BCUT2D eigenvalue weighted by molar-refractivity contribution is 0.608. The number of nitrogens with zero attached hydrogens (tertiary/aromatic N) is 2. The van der Waals surface area contributed by atoms with Crippen LogP contribution in [-0.2, 0) is 0 Å². The van der Waals surface area contributed by atoms with Crippen LogP contribution in [0, 0.1) is 5.82 Å². The van der Waals surface area contributed by atoms with E-state index >= 15 is 0 Å². The molecular weight excluding hydrogens is 219 g/mol. The Bertz CT molecular complexity index is 478. The van der Waals surface area contributed by atoms with E-state index in [1.165, 1.54) is 12.3 Å². The maximum Gasteiger partial charge on any atom is 0.141 e. The van der Waals surface area contributed by atoms with Crippen LogP contribution in [0.15, 0.2) is 24.5 Å². The van der Waals surface area contributed by atoms with Crippen molar-refractivity contribution < 1.29 is 4.39 Å². The standard InChI is InChI=1S/C12H15FN4/c1-2-3-9(14)12-16-7-11(17-12)10-5-4-8(13)6-15-10/h4-7,9H,2-3,14H2,1H3,(H,16,17). The first kappa shape index (κ1) is 11.7. The first-order valence-corrected chi connectivity index (χ1v) is 5.63. The van der Waals surface area contributed by atoms with Crippen LogP contribution in [0.2, 0.25) is 0 Å². The Morgan fingerprint density at radius 3 is 2.82 bits per heavy atom. The maximum absolute atomic E-state index is 12.7. The summed E-state index contributed by atoms with van der Waals surface area (Å²) in [6.45, 7) is 2.07. The minimum atomic E-state index is -0.351. The zero-order valence-electron chi connectivity index (χ0n) is 9.65. The summed E-state index contributed by atoms with van der Waals surface area (Å²) in [5.41, 5.74) is 7.36. The highest BCUT2D eigenvalue weighted by Crippen LogP contribution is 2.18. The van der Waals surface area contributed by atoms with Crippen molar-refractivity contribution in [3.8, 4) is 11.4 Å². The molecule has 0 amide bonds. The summed E-state index contributed by atoms with van der Waals surface area (Å²) in [6, 6.07) is 2.89. The molecule has 2 aromatic heterocycles. The third-order valence-electron chi connectivity index (χ3n) is 2.55. The fourth-order valence-electron chi connectivity index (χ4n) is 1.64. The molecule has 0 aliphatic carbocycles. The molecule has 3 N–H and O–H groups in total. The highest BCUT2D eigenvalue weighted by Gasteiger charge is 2.10. The van der Waals surface area contributed by atoms with Gasteiger partial charge in [0.25, 0.3) is 0 Å². The van der Waals surface area contributed by atoms with E-state index in [1.54, 1.807) is 12.3 Å². The average molecular weight is 234 g/mol. The molecule has 0 aliphatic rings. The number of aromatic amines is 1. The minimum Gasteiger partial charge on any atom is -0.339 e. The monoisotopic (exact) mass is 234 g/mol. The van der Waals surface area contributed by atoms with Gasteiger partial charge in [0, 0.05) is 0 Å². The van der Waals surface area contributed by atoms with Crippen LogP contribution in [0.1, 0.15) is 31.6 Å². The van der Waals surface area contributed by atoms with E-state index in [1.807, 2.05) is 0 Å². The van der Waals surface area contributed by atoms with Crippen molar-refractivity contribution in [3.63, 3.8) is 0 Å². The number of pyridine rings is 1. The van der Waals surface area contributed by atoms with Gasteiger partial charge in [0.1, 0.15) is 11.6 Å². The normalized spacial score (nSPS) is 12.6. The Kier molecular flexibility index (Phi) is 3.49. The lowest BCUT2D eigenvalue weighted by Crippen LogP contribution is -2.11. The third-order valence-corrected chi connectivity index (χ3v) is 2.55. The Labute approximate surface area is 99.1 Å². The third kappa shape index (κ3) is 2.68. The molecule has 1 atom stereocenters. The van der Waals surface area contributed by atoms with E-state index in [4.69, 9.17) is 5.73 Å². The summed E-state index contributed by atoms with van der Waals surface area (Å²) >= 11 is 0. The van der Waals surface area contributed by atoms with E-state index in [0.29, 0.717) is 5.69 Å². The SMILES string of the molecule is CCCC(N)c1ncc(-c2ccc(F)cn2)[nH]1. The Morgan fingerprint density at radius 1 is 1.35 bits per heavy atom. The summed E-state index contributed by atoms with van der Waals surface area (Å²) in [4.78, 5) is 11.3. The summed E-state index contributed by atoms with van der Waals surface area (Å²) in [7, 11) is 0. The van der Waals surface area contributed by atoms with Gasteiger partial charge in [0.15, 0.2) is 0 Å². The molecule has 0 spiro atoms. The van der Waals surface area contributed by atoms with E-state index in [2.05, 4.69) is 21.9 Å². The van der Waals surface area contributed by atoms with E-state index in [0.717, 1.165) is 24.4 Å². The van der Waals surface area contributed by atoms with Crippen LogP contribution in [0.5, 0.6) is 0 Å². The van der Waals surface area contributed by atoms with Crippen LogP contribution in [-0.4, -0.2) is 15.0 Å². The van der Waals surface area contributed by atoms with Crippen LogP contribution < -0.4 is 5.73 Å². The van der Waals surface area contributed by atoms with Crippen LogP contribution >= 0.6 is 0 Å². The lowest BCUT2D eigenvalue weighted by atomic mass is 10.2. The van der Waals surface area contributed by atoms with Crippen LogP contribution in [0.25, 0.3) is 11.4 Å². The van der Waals surface area contributed by atoms with Crippen molar-refractivity contribution in [1.82, 2.24) is 15.0 Å². The largest absolute Gasteiger partial charge is 0.339 e. The summed E-state index contributed by atoms with van der Waals surface area (Å²) in [5.74, 6) is 0.393. The van der Waals surface area contributed by atoms with Crippen molar-refractivity contribution in [2.24, 2.45) is 5.73 Å². The topological polar surface area (TPSA) is 67.6 Å². The molecule has 0 saturated carbocycles. The predicted molar refractivity (Wildman–Crippen MR) is 63.6 cm³/mol. The molecular formula is C12H15FN4. The van der Waals surface area contributed by atoms with Gasteiger partial charge >= 0.3 is 0 Å². The Balaban J connectivity index is 2.20. The highest BCUT2D eigenvalue weighted by molar-refractivity contribution is 5.52. The number of imidazole rings is 1. The quantitative estimate of drug-likeness (QED) is 0.853. The Hall–Kier alpha value is -1.75. The average Bonchev–Trinajstić information content (AvgIpc) is 2.80. The van der Waals surface area contributed by atoms with Crippen molar-refractivity contribution >= 4 is 0 Å². The van der Waals surface area contributed by atoms with Gasteiger partial charge < -0.3 is 10.7 Å². The molecule has 0 bridgehead atoms. The molecule has 5 heteroatoms. The number of hydrogen-bond donors (Lipinski definition) is 2. The zero-order valence-corrected chi connectivity index (χ0v) is 9.65. The van der Waals surface area contributed by atoms with Crippen molar-refractivity contribution in [3.05, 3.63) is 36.2 Å². The molecule has 0 saturated heterocycles. The van der Waals surface area contributed by atoms with Gasteiger partial charge in [-0.1, -0.05) is 13.3 Å². The molecule has 0 radical (unpaired) electrons. The second kappa shape index (κ2) is 5.05. The molecule has 2 aromatic rings. The first-order valence-electron chi connectivity index (χ1n) is 5.63. The zero-order chi connectivity index (χ0) is 12.3. The Morgan fingerprint density at radius 2 is 2.18 bits per heavy atom. The maximum atomic E-state index is 12.7. The van der Waals surface area contributed by atoms with Gasteiger partial charge in [0.05, 0.1) is 29.8 Å². The highest BCUT2D eigenvalue weighted by atomic mass is 19.1. The molecule has 0 fully saturated rings. The summed E-state index contributed by atoms with van der Waals surface area (Å²) < 4.78 is 12.7. The fourth-order valence-corrected chi connectivity index (χ4v) is 1.64. The second-order valence-electron chi connectivity index (χ2n) is 3.94. The summed E-state index contributed by atoms with van der Waals surface area (Å²) in [6.07, 6.45) is 4.74. The molecule has 90 valence electrons. The summed E-state index contributed by atoms with van der Waals surface area (Å²) in [5, 5.41) is 0. The predicted octanol–water partition coefficient (Wildman–Crippen LogP) is 2.41. The van der Waals surface area contributed by atoms with Gasteiger partial charge in [-0.25, -0.2) is 9.37 Å². The van der Waals surface area contributed by atoms with Crippen LogP contribution in [0.3, 0.4) is 0 Å². The number of halogens is 1. The molecule has 2 rings (SSSR count). The number of rotatable bonds is 4. The van der Waals surface area contributed by atoms with Crippen molar-refractivity contribution in [1.29, 1.82) is 0 Å². The van der Waals surface area contributed by atoms with Gasteiger partial charge in [0.2, 0.25) is 0 Å². The van der Waals surface area contributed by atoms with Crippen molar-refractivity contribution in [2.75, 3.05) is 0 Å². The van der Waals surface area contributed by atoms with E-state index in [9.17, 15) is 4.39 Å². The van der Waals surface area contributed by atoms with E-state index in [-0.39, 0.29) is 11.9 Å². The molecule has 0 aromatic carbocycles. The van der Waals surface area contributed by atoms with Gasteiger partial charge in [-0.15, -0.1) is 0 Å². The van der Waals surface area contributed by atoms with Gasteiger partial charge in [-0.2, -0.15) is 0 Å². The van der Waals surface area contributed by atoms with Crippen molar-refractivity contribution in [2.45, 2.75) is 25.8 Å². The van der Waals surface area contributed by atoms with Crippen LogP contribution in [0.4, 0.5) is 4.39 Å². The number of H-pyrrole nitrogens is 1. The molecule has 1 unspecified atom stereocenters. The first-order chi connectivity index (χ1) is 8.20. The number of nitrogens with one attached hydrogen (secondary N) is 1. The number of hydrogen-bond acceptors (Lipinski definition) is 3. The van der Waals surface area contributed by atoms with Gasteiger partial charge in [-0.05, 0) is 18.6 Å². The molecule has 4 nitrogen and oxygen atoms in total. The van der Waals surface area contributed by atoms with E-state index < -0.39 is 0 Å². The number of aromatic nitrogens is 3. The molecule has 0 aliphatic heterocycles. The second-order valence-corrected chi connectivity index (χ2v) is 3.94. The van der Waals surface area contributed by atoms with Gasteiger partial charge in [-0.3, -0.25) is 4.98 Å². The molecule has 17 heavy (non-hydrogen) atoms. The number of nitrogens with two attached hydrogens (primary N) is 1.